The Bertz CT molecular complexity index is 1050. The van der Waals surface area contributed by atoms with Gasteiger partial charge < -0.3 is 16.2 Å². The van der Waals surface area contributed by atoms with Crippen LogP contribution in [-0.2, 0) is 4.79 Å². The van der Waals surface area contributed by atoms with Crippen LogP contribution < -0.4 is 11.1 Å². The lowest BCUT2D eigenvalue weighted by Gasteiger charge is -2.30. The van der Waals surface area contributed by atoms with Crippen molar-refractivity contribution in [2.45, 2.75) is 31.7 Å². The van der Waals surface area contributed by atoms with Crippen molar-refractivity contribution in [1.29, 1.82) is 0 Å². The molecule has 1 fully saturated rings. The van der Waals surface area contributed by atoms with Crippen LogP contribution in [0.1, 0.15) is 25.7 Å². The third kappa shape index (κ3) is 3.12. The zero-order valence-corrected chi connectivity index (χ0v) is 14.9. The fourth-order valence-corrected chi connectivity index (χ4v) is 3.82. The van der Waals surface area contributed by atoms with Gasteiger partial charge in [0.25, 0.3) is 0 Å². The maximum Gasteiger partial charge on any atom is 0.308 e. The van der Waals surface area contributed by atoms with Crippen LogP contribution in [0.5, 0.6) is 0 Å². The van der Waals surface area contributed by atoms with E-state index < -0.39 is 23.5 Å². The molecule has 0 amide bonds. The Labute approximate surface area is 159 Å². The molecular weight excluding hydrogens is 368 g/mol. The molecule has 3 aromatic heterocycles. The summed E-state index contributed by atoms with van der Waals surface area (Å²) >= 11 is 0. The highest BCUT2D eigenvalue weighted by Crippen LogP contribution is 2.33. The molecule has 146 valence electrons. The number of carboxylic acid groups (broad SMARTS) is 1. The molecule has 1 aliphatic carbocycles. The fourth-order valence-electron chi connectivity index (χ4n) is 3.82. The average molecular weight is 387 g/mol. The number of hydrogen-bond acceptors (Lipinski definition) is 5. The summed E-state index contributed by atoms with van der Waals surface area (Å²) in [7, 11) is 0. The van der Waals surface area contributed by atoms with Crippen LogP contribution in [0.15, 0.2) is 30.7 Å². The monoisotopic (exact) mass is 387 g/mol. The van der Waals surface area contributed by atoms with Gasteiger partial charge in [0.05, 0.1) is 29.7 Å². The van der Waals surface area contributed by atoms with Crippen molar-refractivity contribution in [2.24, 2.45) is 5.92 Å². The summed E-state index contributed by atoms with van der Waals surface area (Å²) in [6, 6.07) is 2.48. The van der Waals surface area contributed by atoms with Crippen molar-refractivity contribution in [3.63, 3.8) is 0 Å². The lowest BCUT2D eigenvalue weighted by molar-refractivity contribution is -0.143. The number of carboxylic acids is 1. The molecular formula is C19H19F2N5O2. The Hall–Kier alpha value is -3.23. The number of aliphatic carboxylic acids is 1. The molecule has 0 aliphatic heterocycles. The number of anilines is 2. The first-order chi connectivity index (χ1) is 13.5. The van der Waals surface area contributed by atoms with Gasteiger partial charge in [0, 0.05) is 23.7 Å². The second kappa shape index (κ2) is 7.06. The predicted molar refractivity (Wildman–Crippen MR) is 100 cm³/mol. The molecule has 0 bridgehead atoms. The topological polar surface area (TPSA) is 106 Å². The Morgan fingerprint density at radius 1 is 1.25 bits per heavy atom. The minimum absolute atomic E-state index is 0.109. The molecule has 0 saturated heterocycles. The Morgan fingerprint density at radius 2 is 2.04 bits per heavy atom. The summed E-state index contributed by atoms with van der Waals surface area (Å²) in [5.74, 6) is -2.50. The lowest BCUT2D eigenvalue weighted by atomic mass is 9.84. The highest BCUT2D eigenvalue weighted by molar-refractivity contribution is 5.91. The van der Waals surface area contributed by atoms with E-state index in [1.807, 2.05) is 0 Å². The molecule has 3 heterocycles. The number of halogens is 2. The van der Waals surface area contributed by atoms with Gasteiger partial charge in [-0.2, -0.15) is 0 Å². The lowest BCUT2D eigenvalue weighted by Crippen LogP contribution is -2.37. The molecule has 4 rings (SSSR count). The second-order valence-corrected chi connectivity index (χ2v) is 6.94. The SMILES string of the molecule is Nc1ncc(F)cc1-n1ccc2c(NC3CCCC[C@@H]3C(=O)O)c(F)cnc21. The molecule has 4 N–H and O–H groups in total. The van der Waals surface area contributed by atoms with Crippen LogP contribution in [0, 0.1) is 17.6 Å². The number of nitrogens with two attached hydrogens (primary N) is 1. The molecule has 3 aromatic rings. The number of nitrogens with zero attached hydrogens (tertiary/aromatic N) is 3. The first-order valence-corrected chi connectivity index (χ1v) is 9.02. The molecule has 1 aliphatic rings. The smallest absolute Gasteiger partial charge is 0.308 e. The van der Waals surface area contributed by atoms with Gasteiger partial charge >= 0.3 is 5.97 Å². The Morgan fingerprint density at radius 3 is 2.82 bits per heavy atom. The summed E-state index contributed by atoms with van der Waals surface area (Å²) in [6.45, 7) is 0. The molecule has 9 heteroatoms. The molecule has 0 radical (unpaired) electrons. The third-order valence-electron chi connectivity index (χ3n) is 5.20. The van der Waals surface area contributed by atoms with E-state index in [0.29, 0.717) is 29.6 Å². The van der Waals surface area contributed by atoms with Gasteiger partial charge in [-0.15, -0.1) is 0 Å². The molecule has 2 atom stereocenters. The van der Waals surface area contributed by atoms with Crippen molar-refractivity contribution in [1.82, 2.24) is 14.5 Å². The minimum Gasteiger partial charge on any atom is -0.481 e. The van der Waals surface area contributed by atoms with E-state index >= 15 is 0 Å². The number of pyridine rings is 2. The maximum absolute atomic E-state index is 14.6. The second-order valence-electron chi connectivity index (χ2n) is 6.94. The first kappa shape index (κ1) is 18.1. The van der Waals surface area contributed by atoms with E-state index in [9.17, 15) is 18.7 Å². The molecule has 1 saturated carbocycles. The van der Waals surface area contributed by atoms with Crippen LogP contribution in [0.25, 0.3) is 16.7 Å². The minimum atomic E-state index is -0.890. The summed E-state index contributed by atoms with van der Waals surface area (Å²) in [5.41, 5.74) is 6.70. The van der Waals surface area contributed by atoms with Crippen molar-refractivity contribution in [2.75, 3.05) is 11.1 Å². The first-order valence-electron chi connectivity index (χ1n) is 9.02. The molecule has 1 unspecified atom stereocenters. The zero-order valence-electron chi connectivity index (χ0n) is 14.9. The molecule has 28 heavy (non-hydrogen) atoms. The summed E-state index contributed by atoms with van der Waals surface area (Å²) in [5, 5.41) is 13.0. The zero-order chi connectivity index (χ0) is 19.8. The largest absolute Gasteiger partial charge is 0.481 e. The van der Waals surface area contributed by atoms with E-state index in [4.69, 9.17) is 5.73 Å². The Kier molecular flexibility index (Phi) is 4.58. The van der Waals surface area contributed by atoms with Gasteiger partial charge in [0.2, 0.25) is 0 Å². The van der Waals surface area contributed by atoms with Gasteiger partial charge in [0.15, 0.2) is 5.82 Å². The summed E-state index contributed by atoms with van der Waals surface area (Å²) < 4.78 is 29.7. The highest BCUT2D eigenvalue weighted by atomic mass is 19.1. The molecule has 0 aromatic carbocycles. The number of rotatable bonds is 4. The standard InChI is InChI=1S/C19H19F2N5O2/c20-10-7-15(17(22)23-8-10)26-6-5-12-16(13(21)9-24-18(12)26)25-14-4-2-1-3-11(14)19(27)28/h5-9,11,14H,1-4H2,(H2,22,23)(H,24,25)(H,27,28)/t11-,14?/m0/s1. The van der Waals surface area contributed by atoms with E-state index in [1.54, 1.807) is 12.3 Å². The van der Waals surface area contributed by atoms with Crippen molar-refractivity contribution >= 4 is 28.5 Å². The average Bonchev–Trinajstić information content (AvgIpc) is 3.10. The predicted octanol–water partition coefficient (Wildman–Crippen LogP) is 3.34. The Balaban J connectivity index is 1.78. The van der Waals surface area contributed by atoms with Crippen LogP contribution in [0.4, 0.5) is 20.3 Å². The van der Waals surface area contributed by atoms with Gasteiger partial charge in [-0.05, 0) is 18.9 Å². The van der Waals surface area contributed by atoms with Gasteiger partial charge in [-0.25, -0.2) is 18.7 Å². The molecule has 7 nitrogen and oxygen atoms in total. The van der Waals surface area contributed by atoms with E-state index in [2.05, 4.69) is 15.3 Å². The summed E-state index contributed by atoms with van der Waals surface area (Å²) in [4.78, 5) is 19.5. The van der Waals surface area contributed by atoms with Gasteiger partial charge in [-0.3, -0.25) is 9.36 Å². The van der Waals surface area contributed by atoms with E-state index in [0.717, 1.165) is 25.2 Å². The van der Waals surface area contributed by atoms with Crippen LogP contribution in [0.3, 0.4) is 0 Å². The van der Waals surface area contributed by atoms with Crippen LogP contribution in [0.2, 0.25) is 0 Å². The third-order valence-corrected chi connectivity index (χ3v) is 5.20. The number of hydrogen-bond donors (Lipinski definition) is 3. The maximum atomic E-state index is 14.6. The molecule has 0 spiro atoms. The number of aromatic nitrogens is 3. The van der Waals surface area contributed by atoms with Gasteiger partial charge in [-0.1, -0.05) is 12.8 Å². The van der Waals surface area contributed by atoms with Gasteiger partial charge in [0.1, 0.15) is 17.3 Å². The summed E-state index contributed by atoms with van der Waals surface area (Å²) in [6.07, 6.45) is 6.58. The van der Waals surface area contributed by atoms with Crippen molar-refractivity contribution in [3.05, 3.63) is 42.4 Å². The van der Waals surface area contributed by atoms with Crippen molar-refractivity contribution < 1.29 is 18.7 Å². The van der Waals surface area contributed by atoms with Crippen molar-refractivity contribution in [3.8, 4) is 5.69 Å². The fraction of sp³-hybridized carbons (Fsp3) is 0.316. The number of nitrogen functional groups attached to an aromatic ring is 1. The number of fused-ring (bicyclic) bond motifs is 1. The van der Waals surface area contributed by atoms with Crippen LogP contribution >= 0.6 is 0 Å². The highest BCUT2D eigenvalue weighted by Gasteiger charge is 2.31. The number of carbonyl (C=O) groups is 1. The van der Waals surface area contributed by atoms with E-state index in [-0.39, 0.29) is 17.5 Å². The quantitative estimate of drug-likeness (QED) is 0.634. The number of nitrogens with one attached hydrogen (secondary N) is 1. The van der Waals surface area contributed by atoms with E-state index in [1.165, 1.54) is 10.6 Å². The van der Waals surface area contributed by atoms with Crippen LogP contribution in [-0.4, -0.2) is 31.7 Å². The normalized spacial score (nSPS) is 19.6.